The maximum Gasteiger partial charge on any atom is 0.333 e. The first-order valence-corrected chi connectivity index (χ1v) is 7.06. The molecular weight excluding hydrogens is 280 g/mol. The molecular formula is C16H20N4O2. The lowest BCUT2D eigenvalue weighted by atomic mass is 10.0. The number of fused-ring (bicyclic) bond motifs is 1. The molecule has 0 saturated carbocycles. The van der Waals surface area contributed by atoms with Crippen LogP contribution in [0.5, 0.6) is 0 Å². The first kappa shape index (κ1) is 15.8. The van der Waals surface area contributed by atoms with Crippen molar-refractivity contribution in [1.82, 2.24) is 9.97 Å². The molecule has 0 amide bonds. The molecule has 2 aromatic rings. The minimum Gasteiger partial charge on any atom is -0.464 e. The van der Waals surface area contributed by atoms with Crippen LogP contribution in [0.15, 0.2) is 35.7 Å². The fraction of sp³-hybridized carbons (Fsp3) is 0.312. The van der Waals surface area contributed by atoms with Crippen LogP contribution in [0, 0.1) is 0 Å². The van der Waals surface area contributed by atoms with E-state index < -0.39 is 5.54 Å². The SMILES string of the molecule is CCOC(=O)C(C)(C)N=CC(=CN)c1ccnc2[nH]ccc12. The number of aromatic amines is 1. The second-order valence-corrected chi connectivity index (χ2v) is 5.26. The van der Waals surface area contributed by atoms with Crippen molar-refractivity contribution in [2.75, 3.05) is 6.61 Å². The third-order valence-corrected chi connectivity index (χ3v) is 3.25. The van der Waals surface area contributed by atoms with Crippen LogP contribution in [0.3, 0.4) is 0 Å². The van der Waals surface area contributed by atoms with Crippen LogP contribution in [0.4, 0.5) is 0 Å². The van der Waals surface area contributed by atoms with Crippen molar-refractivity contribution in [2.24, 2.45) is 10.7 Å². The van der Waals surface area contributed by atoms with Crippen LogP contribution in [0.25, 0.3) is 16.6 Å². The van der Waals surface area contributed by atoms with Crippen molar-refractivity contribution in [1.29, 1.82) is 0 Å². The number of hydrogen-bond acceptors (Lipinski definition) is 5. The lowest BCUT2D eigenvalue weighted by molar-refractivity contribution is -0.148. The van der Waals surface area contributed by atoms with E-state index in [1.54, 1.807) is 33.2 Å². The monoisotopic (exact) mass is 300 g/mol. The van der Waals surface area contributed by atoms with Gasteiger partial charge >= 0.3 is 5.97 Å². The highest BCUT2D eigenvalue weighted by Crippen LogP contribution is 2.22. The molecule has 0 aromatic carbocycles. The van der Waals surface area contributed by atoms with Crippen molar-refractivity contribution in [3.8, 4) is 0 Å². The van der Waals surface area contributed by atoms with Gasteiger partial charge in [-0.1, -0.05) is 0 Å². The molecule has 6 nitrogen and oxygen atoms in total. The number of esters is 1. The van der Waals surface area contributed by atoms with E-state index in [0.29, 0.717) is 12.2 Å². The summed E-state index contributed by atoms with van der Waals surface area (Å²) >= 11 is 0. The number of rotatable bonds is 5. The van der Waals surface area contributed by atoms with E-state index >= 15 is 0 Å². The van der Waals surface area contributed by atoms with Crippen molar-refractivity contribution in [3.05, 3.63) is 36.3 Å². The highest BCUT2D eigenvalue weighted by atomic mass is 16.5. The van der Waals surface area contributed by atoms with E-state index in [1.165, 1.54) is 6.20 Å². The van der Waals surface area contributed by atoms with E-state index in [4.69, 9.17) is 10.5 Å². The van der Waals surface area contributed by atoms with Gasteiger partial charge in [0.15, 0.2) is 5.54 Å². The second-order valence-electron chi connectivity index (χ2n) is 5.26. The van der Waals surface area contributed by atoms with Gasteiger partial charge in [-0.05, 0) is 38.5 Å². The molecule has 0 spiro atoms. The number of allylic oxidation sites excluding steroid dienone is 1. The summed E-state index contributed by atoms with van der Waals surface area (Å²) < 4.78 is 5.02. The number of pyridine rings is 1. The van der Waals surface area contributed by atoms with Gasteiger partial charge in [0.2, 0.25) is 0 Å². The molecule has 6 heteroatoms. The zero-order valence-electron chi connectivity index (χ0n) is 13.0. The van der Waals surface area contributed by atoms with E-state index in [2.05, 4.69) is 15.0 Å². The molecule has 0 aliphatic rings. The molecule has 2 heterocycles. The van der Waals surface area contributed by atoms with Gasteiger partial charge in [0.05, 0.1) is 6.61 Å². The van der Waals surface area contributed by atoms with E-state index in [-0.39, 0.29) is 5.97 Å². The molecule has 0 unspecified atom stereocenters. The van der Waals surface area contributed by atoms with Crippen LogP contribution in [-0.4, -0.2) is 34.3 Å². The maximum absolute atomic E-state index is 11.9. The molecule has 116 valence electrons. The average molecular weight is 300 g/mol. The predicted octanol–water partition coefficient (Wildman–Crippen LogP) is 2.28. The number of hydrogen-bond donors (Lipinski definition) is 2. The van der Waals surface area contributed by atoms with Gasteiger partial charge in [-0.2, -0.15) is 0 Å². The number of nitrogens with two attached hydrogens (primary N) is 1. The third kappa shape index (κ3) is 3.16. The van der Waals surface area contributed by atoms with Crippen LogP contribution >= 0.6 is 0 Å². The standard InChI is InChI=1S/C16H20N4O2/c1-4-22-15(21)16(2,3)20-10-11(9-17)12-5-7-18-14-13(12)6-8-19-14/h5-10H,4,17H2,1-3H3,(H,18,19). The molecule has 3 N–H and O–H groups in total. The maximum atomic E-state index is 11.9. The Morgan fingerprint density at radius 1 is 1.50 bits per heavy atom. The molecule has 0 atom stereocenters. The number of nitrogens with zero attached hydrogens (tertiary/aromatic N) is 2. The highest BCUT2D eigenvalue weighted by molar-refractivity contribution is 6.14. The lowest BCUT2D eigenvalue weighted by Gasteiger charge is -2.17. The number of carbonyl (C=O) groups excluding carboxylic acids is 1. The van der Waals surface area contributed by atoms with Crippen molar-refractivity contribution >= 4 is 28.8 Å². The van der Waals surface area contributed by atoms with Gasteiger partial charge in [0, 0.05) is 35.8 Å². The minimum atomic E-state index is -0.964. The Bertz CT molecular complexity index is 729. The quantitative estimate of drug-likeness (QED) is 0.654. The Morgan fingerprint density at radius 3 is 2.95 bits per heavy atom. The number of aromatic nitrogens is 2. The van der Waals surface area contributed by atoms with Crippen LogP contribution < -0.4 is 5.73 Å². The Labute approximate surface area is 129 Å². The number of H-pyrrole nitrogens is 1. The first-order chi connectivity index (χ1) is 10.5. The van der Waals surface area contributed by atoms with Crippen LogP contribution in [-0.2, 0) is 9.53 Å². The van der Waals surface area contributed by atoms with Crippen molar-refractivity contribution < 1.29 is 9.53 Å². The molecule has 22 heavy (non-hydrogen) atoms. The van der Waals surface area contributed by atoms with Gasteiger partial charge in [-0.25, -0.2) is 9.78 Å². The summed E-state index contributed by atoms with van der Waals surface area (Å²) in [6, 6.07) is 3.78. The summed E-state index contributed by atoms with van der Waals surface area (Å²) in [5.74, 6) is -0.371. The van der Waals surface area contributed by atoms with E-state index in [1.807, 2.05) is 18.3 Å². The van der Waals surface area contributed by atoms with Crippen molar-refractivity contribution in [2.45, 2.75) is 26.3 Å². The summed E-state index contributed by atoms with van der Waals surface area (Å²) in [6.07, 6.45) is 6.57. The molecule has 2 rings (SSSR count). The predicted molar refractivity (Wildman–Crippen MR) is 87.5 cm³/mol. The lowest BCUT2D eigenvalue weighted by Crippen LogP contribution is -2.31. The summed E-state index contributed by atoms with van der Waals surface area (Å²) in [5.41, 5.74) is 7.15. The number of carbonyl (C=O) groups is 1. The summed E-state index contributed by atoms with van der Waals surface area (Å²) in [6.45, 7) is 5.50. The van der Waals surface area contributed by atoms with E-state index in [0.717, 1.165) is 16.6 Å². The number of ether oxygens (including phenoxy) is 1. The largest absolute Gasteiger partial charge is 0.464 e. The zero-order valence-corrected chi connectivity index (χ0v) is 13.0. The van der Waals surface area contributed by atoms with Gasteiger partial charge in [0.25, 0.3) is 0 Å². The minimum absolute atomic E-state index is 0.325. The number of nitrogens with one attached hydrogen (secondary N) is 1. The molecule has 0 saturated heterocycles. The van der Waals surface area contributed by atoms with Crippen LogP contribution in [0.2, 0.25) is 0 Å². The molecule has 0 aliphatic carbocycles. The van der Waals surface area contributed by atoms with Gasteiger partial charge in [-0.3, -0.25) is 4.99 Å². The normalized spacial score (nSPS) is 13.0. The zero-order chi connectivity index (χ0) is 16.2. The van der Waals surface area contributed by atoms with Gasteiger partial charge in [-0.15, -0.1) is 0 Å². The fourth-order valence-electron chi connectivity index (χ4n) is 2.01. The Kier molecular flexibility index (Phi) is 4.60. The molecule has 0 fully saturated rings. The molecule has 0 radical (unpaired) electrons. The van der Waals surface area contributed by atoms with Gasteiger partial charge in [0.1, 0.15) is 5.65 Å². The third-order valence-electron chi connectivity index (χ3n) is 3.25. The van der Waals surface area contributed by atoms with E-state index in [9.17, 15) is 4.79 Å². The summed E-state index contributed by atoms with van der Waals surface area (Å²) in [4.78, 5) is 23.5. The number of aliphatic imine (C=N–C) groups is 1. The molecule has 0 aliphatic heterocycles. The summed E-state index contributed by atoms with van der Waals surface area (Å²) in [7, 11) is 0. The molecule has 2 aromatic heterocycles. The second kappa shape index (κ2) is 6.43. The first-order valence-electron chi connectivity index (χ1n) is 7.06. The van der Waals surface area contributed by atoms with Crippen molar-refractivity contribution in [3.63, 3.8) is 0 Å². The Balaban J connectivity index is 2.32. The Hall–Kier alpha value is -2.63. The average Bonchev–Trinajstić information content (AvgIpc) is 2.97. The van der Waals surface area contributed by atoms with Crippen LogP contribution in [0.1, 0.15) is 26.3 Å². The topological polar surface area (TPSA) is 93.4 Å². The highest BCUT2D eigenvalue weighted by Gasteiger charge is 2.27. The molecule has 0 bridgehead atoms. The summed E-state index contributed by atoms with van der Waals surface area (Å²) in [5, 5.41) is 0.944. The Morgan fingerprint density at radius 2 is 2.27 bits per heavy atom. The fourth-order valence-corrected chi connectivity index (χ4v) is 2.01. The van der Waals surface area contributed by atoms with Gasteiger partial charge < -0.3 is 15.5 Å². The smallest absolute Gasteiger partial charge is 0.333 e.